The summed E-state index contributed by atoms with van der Waals surface area (Å²) < 4.78 is 4.92. The first-order valence-corrected chi connectivity index (χ1v) is 6.21. The number of aromatic nitrogens is 3. The minimum atomic E-state index is -0.364. The lowest BCUT2D eigenvalue weighted by atomic mass is 10.2. The molecule has 0 spiro atoms. The van der Waals surface area contributed by atoms with Gasteiger partial charge < -0.3 is 10.1 Å². The predicted molar refractivity (Wildman–Crippen MR) is 68.1 cm³/mol. The standard InChI is InChI=1S/C11H12N4O2S/c1-3-17-10(16)8-4-5-12-9(6-8)13-11-15-14-7(2)18-11/h4-6H,3H2,1-2H3,(H,12,13,15). The van der Waals surface area contributed by atoms with Crippen LogP contribution in [0.5, 0.6) is 0 Å². The number of hydrogen-bond acceptors (Lipinski definition) is 7. The van der Waals surface area contributed by atoms with Crippen LogP contribution in [0.25, 0.3) is 0 Å². The fourth-order valence-electron chi connectivity index (χ4n) is 1.30. The van der Waals surface area contributed by atoms with Crippen molar-refractivity contribution in [3.8, 4) is 0 Å². The molecule has 0 radical (unpaired) electrons. The summed E-state index contributed by atoms with van der Waals surface area (Å²) in [4.78, 5) is 15.7. The maximum Gasteiger partial charge on any atom is 0.338 e. The first kappa shape index (κ1) is 12.4. The second-order valence-corrected chi connectivity index (χ2v) is 4.58. The Morgan fingerprint density at radius 3 is 3.00 bits per heavy atom. The lowest BCUT2D eigenvalue weighted by Crippen LogP contribution is -2.05. The van der Waals surface area contributed by atoms with E-state index in [-0.39, 0.29) is 5.97 Å². The number of nitrogens with one attached hydrogen (secondary N) is 1. The van der Waals surface area contributed by atoms with Crippen molar-refractivity contribution in [2.24, 2.45) is 0 Å². The van der Waals surface area contributed by atoms with Crippen LogP contribution in [0.3, 0.4) is 0 Å². The Bertz CT molecular complexity index is 555. The van der Waals surface area contributed by atoms with E-state index in [4.69, 9.17) is 4.74 Å². The highest BCUT2D eigenvalue weighted by Gasteiger charge is 2.08. The molecule has 0 fully saturated rings. The van der Waals surface area contributed by atoms with Gasteiger partial charge in [0.2, 0.25) is 5.13 Å². The normalized spacial score (nSPS) is 10.1. The SMILES string of the molecule is CCOC(=O)c1ccnc(Nc2nnc(C)s2)c1. The summed E-state index contributed by atoms with van der Waals surface area (Å²) in [6.45, 7) is 3.98. The molecule has 0 saturated carbocycles. The lowest BCUT2D eigenvalue weighted by Gasteiger charge is -2.04. The molecule has 0 bridgehead atoms. The van der Waals surface area contributed by atoms with Gasteiger partial charge in [0.25, 0.3) is 0 Å². The molecule has 0 aromatic carbocycles. The van der Waals surface area contributed by atoms with Gasteiger partial charge in [0.1, 0.15) is 10.8 Å². The number of rotatable bonds is 4. The second kappa shape index (κ2) is 5.54. The molecule has 7 heteroatoms. The molecule has 2 heterocycles. The Kier molecular flexibility index (Phi) is 3.83. The number of pyridine rings is 1. The van der Waals surface area contributed by atoms with Crippen molar-refractivity contribution in [2.75, 3.05) is 11.9 Å². The largest absolute Gasteiger partial charge is 0.462 e. The molecule has 0 amide bonds. The van der Waals surface area contributed by atoms with Crippen LogP contribution in [-0.2, 0) is 4.74 Å². The molecular formula is C11H12N4O2S. The first-order chi connectivity index (χ1) is 8.69. The van der Waals surface area contributed by atoms with Gasteiger partial charge in [0, 0.05) is 6.20 Å². The molecule has 2 rings (SSSR count). The Balaban J connectivity index is 2.14. The number of esters is 1. The van der Waals surface area contributed by atoms with E-state index >= 15 is 0 Å². The summed E-state index contributed by atoms with van der Waals surface area (Å²) in [5, 5.41) is 12.3. The number of anilines is 2. The van der Waals surface area contributed by atoms with Crippen LogP contribution < -0.4 is 5.32 Å². The van der Waals surface area contributed by atoms with Crippen LogP contribution >= 0.6 is 11.3 Å². The molecule has 1 N–H and O–H groups in total. The average Bonchev–Trinajstić information content (AvgIpc) is 2.75. The topological polar surface area (TPSA) is 77.0 Å². The predicted octanol–water partition coefficient (Wildman–Crippen LogP) is 2.16. The second-order valence-electron chi connectivity index (χ2n) is 3.40. The fourth-order valence-corrected chi connectivity index (χ4v) is 1.90. The Morgan fingerprint density at radius 1 is 1.50 bits per heavy atom. The van der Waals surface area contributed by atoms with Gasteiger partial charge in [-0.25, -0.2) is 9.78 Å². The number of hydrogen-bond donors (Lipinski definition) is 1. The van der Waals surface area contributed by atoms with E-state index in [0.717, 1.165) is 5.01 Å². The number of ether oxygens (including phenoxy) is 1. The van der Waals surface area contributed by atoms with Crippen molar-refractivity contribution >= 4 is 28.3 Å². The van der Waals surface area contributed by atoms with E-state index in [9.17, 15) is 4.79 Å². The third-order valence-corrected chi connectivity index (χ3v) is 2.79. The number of carbonyl (C=O) groups excluding carboxylic acids is 1. The van der Waals surface area contributed by atoms with Gasteiger partial charge in [-0.3, -0.25) is 0 Å². The van der Waals surface area contributed by atoms with E-state index in [1.54, 1.807) is 25.3 Å². The van der Waals surface area contributed by atoms with Gasteiger partial charge >= 0.3 is 5.97 Å². The molecule has 0 unspecified atom stereocenters. The monoisotopic (exact) mass is 264 g/mol. The van der Waals surface area contributed by atoms with E-state index in [1.165, 1.54) is 11.3 Å². The molecule has 0 aliphatic heterocycles. The molecule has 0 atom stereocenters. The van der Waals surface area contributed by atoms with Crippen LogP contribution in [0.2, 0.25) is 0 Å². The van der Waals surface area contributed by atoms with Gasteiger partial charge in [-0.2, -0.15) is 0 Å². The molecule has 0 aliphatic carbocycles. The molecule has 6 nitrogen and oxygen atoms in total. The fraction of sp³-hybridized carbons (Fsp3) is 0.273. The molecule has 2 aromatic rings. The van der Waals surface area contributed by atoms with Crippen molar-refractivity contribution in [3.05, 3.63) is 28.9 Å². The van der Waals surface area contributed by atoms with Crippen molar-refractivity contribution in [2.45, 2.75) is 13.8 Å². The van der Waals surface area contributed by atoms with Crippen LogP contribution in [0.4, 0.5) is 10.9 Å². The molecule has 2 aromatic heterocycles. The van der Waals surface area contributed by atoms with Crippen molar-refractivity contribution in [1.29, 1.82) is 0 Å². The van der Waals surface area contributed by atoms with Crippen molar-refractivity contribution in [1.82, 2.24) is 15.2 Å². The minimum Gasteiger partial charge on any atom is -0.462 e. The van der Waals surface area contributed by atoms with E-state index in [2.05, 4.69) is 20.5 Å². The number of nitrogens with zero attached hydrogens (tertiary/aromatic N) is 3. The zero-order valence-corrected chi connectivity index (χ0v) is 10.8. The summed E-state index contributed by atoms with van der Waals surface area (Å²) >= 11 is 1.42. The molecule has 18 heavy (non-hydrogen) atoms. The van der Waals surface area contributed by atoms with Crippen LogP contribution in [-0.4, -0.2) is 27.8 Å². The molecule has 0 aliphatic rings. The van der Waals surface area contributed by atoms with Crippen molar-refractivity contribution < 1.29 is 9.53 Å². The summed E-state index contributed by atoms with van der Waals surface area (Å²) in [6.07, 6.45) is 1.54. The summed E-state index contributed by atoms with van der Waals surface area (Å²) in [5.41, 5.74) is 0.454. The highest BCUT2D eigenvalue weighted by molar-refractivity contribution is 7.15. The molecular weight excluding hydrogens is 252 g/mol. The molecule has 94 valence electrons. The third-order valence-electron chi connectivity index (χ3n) is 2.03. The number of carbonyl (C=O) groups is 1. The summed E-state index contributed by atoms with van der Waals surface area (Å²) in [5.74, 6) is 0.174. The van der Waals surface area contributed by atoms with Crippen LogP contribution in [0, 0.1) is 6.92 Å². The van der Waals surface area contributed by atoms with E-state index in [0.29, 0.717) is 23.1 Å². The summed E-state index contributed by atoms with van der Waals surface area (Å²) in [6, 6.07) is 3.23. The molecule has 0 saturated heterocycles. The maximum absolute atomic E-state index is 11.6. The first-order valence-electron chi connectivity index (χ1n) is 5.39. The van der Waals surface area contributed by atoms with Crippen molar-refractivity contribution in [3.63, 3.8) is 0 Å². The van der Waals surface area contributed by atoms with Gasteiger partial charge in [-0.15, -0.1) is 10.2 Å². The van der Waals surface area contributed by atoms with Gasteiger partial charge in [0.05, 0.1) is 12.2 Å². The Morgan fingerprint density at radius 2 is 2.33 bits per heavy atom. The van der Waals surface area contributed by atoms with Gasteiger partial charge in [-0.05, 0) is 26.0 Å². The highest BCUT2D eigenvalue weighted by Crippen LogP contribution is 2.19. The van der Waals surface area contributed by atoms with Gasteiger partial charge in [0.15, 0.2) is 0 Å². The maximum atomic E-state index is 11.6. The van der Waals surface area contributed by atoms with Gasteiger partial charge in [-0.1, -0.05) is 11.3 Å². The summed E-state index contributed by atoms with van der Waals surface area (Å²) in [7, 11) is 0. The smallest absolute Gasteiger partial charge is 0.338 e. The highest BCUT2D eigenvalue weighted by atomic mass is 32.1. The third kappa shape index (κ3) is 3.01. The zero-order valence-electron chi connectivity index (χ0n) is 10.0. The number of aryl methyl sites for hydroxylation is 1. The van der Waals surface area contributed by atoms with Crippen LogP contribution in [0.15, 0.2) is 18.3 Å². The lowest BCUT2D eigenvalue weighted by molar-refractivity contribution is 0.0526. The van der Waals surface area contributed by atoms with E-state index in [1.807, 2.05) is 6.92 Å². The Labute approximate surface area is 108 Å². The average molecular weight is 264 g/mol. The zero-order chi connectivity index (χ0) is 13.0. The quantitative estimate of drug-likeness (QED) is 0.853. The van der Waals surface area contributed by atoms with Crippen LogP contribution in [0.1, 0.15) is 22.3 Å². The Hall–Kier alpha value is -2.02. The van der Waals surface area contributed by atoms with E-state index < -0.39 is 0 Å². The minimum absolute atomic E-state index is 0.347.